The van der Waals surface area contributed by atoms with Crippen molar-refractivity contribution in [3.05, 3.63) is 63.2 Å². The smallest absolute Gasteiger partial charge is 0.347 e. The first-order chi connectivity index (χ1) is 14.7. The molecule has 160 valence electrons. The Bertz CT molecular complexity index is 1530. The second-order valence-corrected chi connectivity index (χ2v) is 8.33. The Morgan fingerprint density at radius 3 is 2.48 bits per heavy atom. The van der Waals surface area contributed by atoms with Crippen molar-refractivity contribution in [2.75, 3.05) is 18.0 Å². The summed E-state index contributed by atoms with van der Waals surface area (Å²) in [5.41, 5.74) is 0.269. The van der Waals surface area contributed by atoms with E-state index in [1.165, 1.54) is 6.07 Å². The molecule has 9 nitrogen and oxygen atoms in total. The molecule has 0 unspecified atom stereocenters. The highest BCUT2D eigenvalue weighted by molar-refractivity contribution is 7.85. The molecule has 2 N–H and O–H groups in total. The van der Waals surface area contributed by atoms with Crippen molar-refractivity contribution < 1.29 is 17.4 Å². The Balaban J connectivity index is 1.86. The van der Waals surface area contributed by atoms with E-state index in [1.54, 1.807) is 12.1 Å². The molecule has 31 heavy (non-hydrogen) atoms. The summed E-state index contributed by atoms with van der Waals surface area (Å²) >= 11 is 0. The van der Waals surface area contributed by atoms with Crippen LogP contribution in [0, 0.1) is 0 Å². The second-order valence-electron chi connectivity index (χ2n) is 6.91. The fraction of sp³-hybridized carbons (Fsp3) is 0.190. The summed E-state index contributed by atoms with van der Waals surface area (Å²) in [6.45, 7) is 5.69. The SMILES string of the molecule is CCN(CC)c1ccc2cc(-c3nc4ccc(S(=O)(=O)O)cc4c(=O)[nH]3)c(=O)oc2c1. The lowest BCUT2D eigenvalue weighted by Crippen LogP contribution is -2.21. The van der Waals surface area contributed by atoms with Crippen LogP contribution in [0.5, 0.6) is 0 Å². The molecule has 2 heterocycles. The monoisotopic (exact) mass is 441 g/mol. The summed E-state index contributed by atoms with van der Waals surface area (Å²) < 4.78 is 37.3. The van der Waals surface area contributed by atoms with E-state index in [-0.39, 0.29) is 22.3 Å². The molecule has 4 aromatic rings. The second kappa shape index (κ2) is 7.64. The average molecular weight is 441 g/mol. The van der Waals surface area contributed by atoms with Crippen LogP contribution in [-0.4, -0.2) is 36.0 Å². The molecule has 0 spiro atoms. The van der Waals surface area contributed by atoms with E-state index in [0.717, 1.165) is 30.9 Å². The third kappa shape index (κ3) is 3.82. The summed E-state index contributed by atoms with van der Waals surface area (Å²) in [5, 5.41) is 0.628. The number of hydrogen-bond acceptors (Lipinski definition) is 7. The van der Waals surface area contributed by atoms with E-state index in [0.29, 0.717) is 11.0 Å². The maximum absolute atomic E-state index is 12.6. The summed E-state index contributed by atoms with van der Waals surface area (Å²) in [6.07, 6.45) is 0. The number of rotatable bonds is 5. The highest BCUT2D eigenvalue weighted by Crippen LogP contribution is 2.24. The molecular weight excluding hydrogens is 422 g/mol. The van der Waals surface area contributed by atoms with Crippen LogP contribution in [0.15, 0.2) is 61.4 Å². The van der Waals surface area contributed by atoms with Crippen LogP contribution in [0.4, 0.5) is 5.69 Å². The van der Waals surface area contributed by atoms with Crippen molar-refractivity contribution >= 4 is 37.7 Å². The Morgan fingerprint density at radius 1 is 1.06 bits per heavy atom. The van der Waals surface area contributed by atoms with Gasteiger partial charge in [0.15, 0.2) is 0 Å². The number of benzene rings is 2. The van der Waals surface area contributed by atoms with Gasteiger partial charge in [-0.1, -0.05) is 0 Å². The van der Waals surface area contributed by atoms with Crippen molar-refractivity contribution in [1.82, 2.24) is 9.97 Å². The van der Waals surface area contributed by atoms with E-state index in [4.69, 9.17) is 4.42 Å². The maximum Gasteiger partial charge on any atom is 0.347 e. The van der Waals surface area contributed by atoms with Crippen LogP contribution in [0.1, 0.15) is 13.8 Å². The van der Waals surface area contributed by atoms with Gasteiger partial charge < -0.3 is 14.3 Å². The number of aromatic nitrogens is 2. The Labute approximate surface area is 176 Å². The Kier molecular flexibility index (Phi) is 5.11. The molecule has 0 saturated heterocycles. The highest BCUT2D eigenvalue weighted by atomic mass is 32.2. The van der Waals surface area contributed by atoms with Crippen LogP contribution in [0.25, 0.3) is 33.3 Å². The van der Waals surface area contributed by atoms with Gasteiger partial charge in [0.1, 0.15) is 17.0 Å². The third-order valence-electron chi connectivity index (χ3n) is 5.08. The largest absolute Gasteiger partial charge is 0.422 e. The van der Waals surface area contributed by atoms with Gasteiger partial charge in [0.25, 0.3) is 15.7 Å². The topological polar surface area (TPSA) is 134 Å². The maximum atomic E-state index is 12.6. The van der Waals surface area contributed by atoms with Crippen LogP contribution in [0.2, 0.25) is 0 Å². The van der Waals surface area contributed by atoms with Crippen LogP contribution >= 0.6 is 0 Å². The number of fused-ring (bicyclic) bond motifs is 2. The predicted octanol–water partition coefficient (Wildman–Crippen LogP) is 2.79. The average Bonchev–Trinajstić information content (AvgIpc) is 2.73. The minimum atomic E-state index is -4.47. The van der Waals surface area contributed by atoms with Crippen molar-refractivity contribution in [2.45, 2.75) is 18.7 Å². The molecule has 0 bridgehead atoms. The first kappa shape index (κ1) is 20.8. The fourth-order valence-electron chi connectivity index (χ4n) is 3.46. The minimum Gasteiger partial charge on any atom is -0.422 e. The van der Waals surface area contributed by atoms with Gasteiger partial charge in [-0.05, 0) is 50.2 Å². The normalized spacial score (nSPS) is 11.8. The quantitative estimate of drug-likeness (QED) is 0.357. The lowest BCUT2D eigenvalue weighted by molar-refractivity contribution is 0.483. The lowest BCUT2D eigenvalue weighted by atomic mass is 10.1. The zero-order valence-electron chi connectivity index (χ0n) is 16.7. The van der Waals surface area contributed by atoms with Crippen molar-refractivity contribution in [1.29, 1.82) is 0 Å². The molecule has 10 heteroatoms. The van der Waals surface area contributed by atoms with Crippen molar-refractivity contribution in [2.24, 2.45) is 0 Å². The van der Waals surface area contributed by atoms with Gasteiger partial charge in [0.05, 0.1) is 15.8 Å². The van der Waals surface area contributed by atoms with Gasteiger partial charge in [-0.25, -0.2) is 9.78 Å². The molecule has 0 radical (unpaired) electrons. The number of anilines is 1. The number of hydrogen-bond donors (Lipinski definition) is 2. The van der Waals surface area contributed by atoms with E-state index in [2.05, 4.69) is 14.9 Å². The molecule has 0 aliphatic rings. The Hall–Kier alpha value is -3.50. The predicted molar refractivity (Wildman–Crippen MR) is 117 cm³/mol. The Morgan fingerprint density at radius 2 is 1.81 bits per heavy atom. The summed E-state index contributed by atoms with van der Waals surface area (Å²) in [4.78, 5) is 33.6. The van der Waals surface area contributed by atoms with E-state index < -0.39 is 26.2 Å². The minimum absolute atomic E-state index is 0.000532. The van der Waals surface area contributed by atoms with Crippen molar-refractivity contribution in [3.63, 3.8) is 0 Å². The first-order valence-corrected chi connectivity index (χ1v) is 11.0. The standard InChI is InChI=1S/C21H19N3O6S/c1-3-24(4-2)13-6-5-12-9-16(21(26)30-18(12)10-13)19-22-17-8-7-14(31(27,28)29)11-15(17)20(25)23-19/h5-11H,3-4H2,1-2H3,(H,22,23,25)(H,27,28,29). The molecule has 0 aliphatic carbocycles. The van der Waals surface area contributed by atoms with Crippen LogP contribution < -0.4 is 16.1 Å². The first-order valence-electron chi connectivity index (χ1n) is 9.56. The van der Waals surface area contributed by atoms with E-state index in [9.17, 15) is 22.6 Å². The van der Waals surface area contributed by atoms with Gasteiger partial charge in [0, 0.05) is 30.2 Å². The summed E-state index contributed by atoms with van der Waals surface area (Å²) in [7, 11) is -4.47. The fourth-order valence-corrected chi connectivity index (χ4v) is 3.96. The lowest BCUT2D eigenvalue weighted by Gasteiger charge is -2.21. The molecule has 2 aromatic heterocycles. The highest BCUT2D eigenvalue weighted by Gasteiger charge is 2.16. The van der Waals surface area contributed by atoms with E-state index in [1.807, 2.05) is 26.0 Å². The molecule has 4 rings (SSSR count). The molecule has 0 atom stereocenters. The van der Waals surface area contributed by atoms with E-state index >= 15 is 0 Å². The van der Waals surface area contributed by atoms with Crippen LogP contribution in [-0.2, 0) is 10.1 Å². The van der Waals surface area contributed by atoms with Gasteiger partial charge in [-0.3, -0.25) is 9.35 Å². The van der Waals surface area contributed by atoms with Gasteiger partial charge in [-0.15, -0.1) is 0 Å². The van der Waals surface area contributed by atoms with Crippen molar-refractivity contribution in [3.8, 4) is 11.4 Å². The number of aromatic amines is 1. The summed E-state index contributed by atoms with van der Waals surface area (Å²) in [5.74, 6) is 0.000532. The number of nitrogens with zero attached hydrogens (tertiary/aromatic N) is 2. The number of H-pyrrole nitrogens is 1. The molecule has 2 aromatic carbocycles. The third-order valence-corrected chi connectivity index (χ3v) is 5.93. The van der Waals surface area contributed by atoms with Crippen LogP contribution in [0.3, 0.4) is 0 Å². The molecule has 0 saturated carbocycles. The molecular formula is C21H19N3O6S. The molecule has 0 aliphatic heterocycles. The molecule has 0 amide bonds. The zero-order chi connectivity index (χ0) is 22.3. The van der Waals surface area contributed by atoms with Gasteiger partial charge in [0.2, 0.25) is 0 Å². The van der Waals surface area contributed by atoms with Gasteiger partial charge in [-0.2, -0.15) is 8.42 Å². The molecule has 0 fully saturated rings. The number of nitrogens with one attached hydrogen (secondary N) is 1. The zero-order valence-corrected chi connectivity index (χ0v) is 17.6. The van der Waals surface area contributed by atoms with Gasteiger partial charge >= 0.3 is 5.63 Å². The summed E-state index contributed by atoms with van der Waals surface area (Å²) in [6, 6.07) is 10.6.